The molecule has 0 saturated carbocycles. The number of rotatable bonds is 5. The summed E-state index contributed by atoms with van der Waals surface area (Å²) in [5.74, 6) is 0.904. The van der Waals surface area contributed by atoms with E-state index in [1.165, 1.54) is 13.2 Å². The van der Waals surface area contributed by atoms with Crippen LogP contribution in [0.4, 0.5) is 4.39 Å². The fraction of sp³-hybridized carbons (Fsp3) is 0.200. The van der Waals surface area contributed by atoms with E-state index in [-0.39, 0.29) is 5.82 Å². The Balaban J connectivity index is 2.01. The fourth-order valence-electron chi connectivity index (χ4n) is 1.65. The second-order valence-electron chi connectivity index (χ2n) is 4.09. The van der Waals surface area contributed by atoms with Crippen molar-refractivity contribution in [3.63, 3.8) is 0 Å². The third kappa shape index (κ3) is 3.72. The number of benzene rings is 2. The first kappa shape index (κ1) is 13.9. The number of thioether (sulfide) groups is 1. The van der Waals surface area contributed by atoms with Gasteiger partial charge >= 0.3 is 0 Å². The molecule has 0 amide bonds. The Bertz CT molecular complexity index is 542. The van der Waals surface area contributed by atoms with Gasteiger partial charge in [-0.1, -0.05) is 18.2 Å². The van der Waals surface area contributed by atoms with Gasteiger partial charge in [0.15, 0.2) is 0 Å². The average Bonchev–Trinajstić information content (AvgIpc) is 2.46. The first-order chi connectivity index (χ1) is 9.22. The van der Waals surface area contributed by atoms with Crippen molar-refractivity contribution in [3.05, 3.63) is 59.4 Å². The van der Waals surface area contributed by atoms with Crippen molar-refractivity contribution >= 4 is 11.8 Å². The predicted octanol–water partition coefficient (Wildman–Crippen LogP) is 3.59. The molecule has 0 atom stereocenters. The molecule has 0 spiro atoms. The van der Waals surface area contributed by atoms with Crippen LogP contribution in [0.15, 0.2) is 47.4 Å². The monoisotopic (exact) mass is 277 g/mol. The quantitative estimate of drug-likeness (QED) is 0.848. The topological polar surface area (TPSA) is 35.2 Å². The largest absolute Gasteiger partial charge is 0.497 e. The molecule has 2 rings (SSSR count). The van der Waals surface area contributed by atoms with Gasteiger partial charge in [-0.05, 0) is 29.3 Å². The van der Waals surface area contributed by atoms with Gasteiger partial charge in [0.25, 0.3) is 0 Å². The molecule has 2 aromatic rings. The van der Waals surface area contributed by atoms with Crippen LogP contribution in [0, 0.1) is 5.82 Å². The summed E-state index contributed by atoms with van der Waals surface area (Å²) in [5.41, 5.74) is 7.32. The lowest BCUT2D eigenvalue weighted by Gasteiger charge is -2.06. The van der Waals surface area contributed by atoms with Gasteiger partial charge in [0.05, 0.1) is 7.11 Å². The third-order valence-electron chi connectivity index (χ3n) is 2.81. The highest BCUT2D eigenvalue weighted by atomic mass is 32.2. The summed E-state index contributed by atoms with van der Waals surface area (Å²) in [6.45, 7) is 0.540. The van der Waals surface area contributed by atoms with E-state index < -0.39 is 0 Å². The zero-order valence-corrected chi connectivity index (χ0v) is 11.5. The molecule has 0 bridgehead atoms. The standard InChI is InChI=1S/C15H16FNOS/c1-18-13-5-4-12(15(16)8-13)10-19-14-6-2-11(9-17)3-7-14/h2-8H,9-10,17H2,1H3. The fourth-order valence-corrected chi connectivity index (χ4v) is 2.54. The molecule has 0 unspecified atom stereocenters. The number of methoxy groups -OCH3 is 1. The first-order valence-corrected chi connectivity index (χ1v) is 6.95. The van der Waals surface area contributed by atoms with Crippen LogP contribution in [0.25, 0.3) is 0 Å². The third-order valence-corrected chi connectivity index (χ3v) is 3.87. The Kier molecular flexibility index (Phi) is 4.82. The molecule has 2 aromatic carbocycles. The second kappa shape index (κ2) is 6.59. The Morgan fingerprint density at radius 2 is 1.89 bits per heavy atom. The van der Waals surface area contributed by atoms with Crippen LogP contribution in [0.2, 0.25) is 0 Å². The second-order valence-corrected chi connectivity index (χ2v) is 5.14. The predicted molar refractivity (Wildman–Crippen MR) is 76.8 cm³/mol. The van der Waals surface area contributed by atoms with Gasteiger partial charge in [-0.25, -0.2) is 4.39 Å². The zero-order valence-electron chi connectivity index (χ0n) is 10.7. The number of nitrogens with two attached hydrogens (primary N) is 1. The van der Waals surface area contributed by atoms with Gasteiger partial charge in [0.2, 0.25) is 0 Å². The van der Waals surface area contributed by atoms with Crippen molar-refractivity contribution in [1.29, 1.82) is 0 Å². The Morgan fingerprint density at radius 1 is 1.16 bits per heavy atom. The molecule has 4 heteroatoms. The molecule has 2 nitrogen and oxygen atoms in total. The maximum atomic E-state index is 13.7. The van der Waals surface area contributed by atoms with Crippen LogP contribution in [-0.4, -0.2) is 7.11 Å². The lowest BCUT2D eigenvalue weighted by molar-refractivity contribution is 0.411. The first-order valence-electron chi connectivity index (χ1n) is 5.97. The van der Waals surface area contributed by atoms with Gasteiger partial charge in [0, 0.05) is 23.3 Å². The van der Waals surface area contributed by atoms with E-state index in [1.54, 1.807) is 23.9 Å². The van der Waals surface area contributed by atoms with E-state index in [9.17, 15) is 4.39 Å². The summed E-state index contributed by atoms with van der Waals surface area (Å²) in [5, 5.41) is 0. The summed E-state index contributed by atoms with van der Waals surface area (Å²) >= 11 is 1.60. The van der Waals surface area contributed by atoms with E-state index in [1.807, 2.05) is 24.3 Å². The maximum Gasteiger partial charge on any atom is 0.130 e. The molecule has 0 fully saturated rings. The van der Waals surface area contributed by atoms with Crippen LogP contribution >= 0.6 is 11.8 Å². The molecule has 0 saturated heterocycles. The van der Waals surface area contributed by atoms with Crippen LogP contribution in [0.1, 0.15) is 11.1 Å². The Hall–Kier alpha value is -1.52. The van der Waals surface area contributed by atoms with Gasteiger partial charge in [-0.15, -0.1) is 11.8 Å². The molecule has 100 valence electrons. The van der Waals surface area contributed by atoms with E-state index in [2.05, 4.69) is 0 Å². The van der Waals surface area contributed by atoms with Gasteiger partial charge < -0.3 is 10.5 Å². The maximum absolute atomic E-state index is 13.7. The van der Waals surface area contributed by atoms with Crippen molar-refractivity contribution < 1.29 is 9.13 Å². The number of halogens is 1. The molecule has 0 aromatic heterocycles. The highest BCUT2D eigenvalue weighted by Crippen LogP contribution is 2.26. The minimum Gasteiger partial charge on any atom is -0.497 e. The number of hydrogen-bond donors (Lipinski definition) is 1. The smallest absolute Gasteiger partial charge is 0.130 e. The minimum absolute atomic E-state index is 0.231. The number of ether oxygens (including phenoxy) is 1. The minimum atomic E-state index is -0.231. The summed E-state index contributed by atoms with van der Waals surface area (Å²) in [6, 6.07) is 12.9. The summed E-state index contributed by atoms with van der Waals surface area (Å²) in [6.07, 6.45) is 0. The Labute approximate surface area is 116 Å². The average molecular weight is 277 g/mol. The SMILES string of the molecule is COc1ccc(CSc2ccc(CN)cc2)c(F)c1. The zero-order chi connectivity index (χ0) is 13.7. The highest BCUT2D eigenvalue weighted by molar-refractivity contribution is 7.98. The molecule has 0 radical (unpaired) electrons. The van der Waals surface area contributed by atoms with E-state index in [4.69, 9.17) is 10.5 Å². The van der Waals surface area contributed by atoms with Crippen molar-refractivity contribution in [2.45, 2.75) is 17.2 Å². The molecular weight excluding hydrogens is 261 g/mol. The summed E-state index contributed by atoms with van der Waals surface area (Å²) in [4.78, 5) is 1.10. The van der Waals surface area contributed by atoms with Crippen molar-refractivity contribution in [2.24, 2.45) is 5.73 Å². The van der Waals surface area contributed by atoms with Gasteiger partial charge in [-0.3, -0.25) is 0 Å². The lowest BCUT2D eigenvalue weighted by Crippen LogP contribution is -1.95. The van der Waals surface area contributed by atoms with Crippen LogP contribution in [0.3, 0.4) is 0 Å². The molecule has 0 aliphatic heterocycles. The highest BCUT2D eigenvalue weighted by Gasteiger charge is 2.05. The number of hydrogen-bond acceptors (Lipinski definition) is 3. The van der Waals surface area contributed by atoms with E-state index >= 15 is 0 Å². The van der Waals surface area contributed by atoms with Crippen LogP contribution < -0.4 is 10.5 Å². The lowest BCUT2D eigenvalue weighted by atomic mass is 10.2. The normalized spacial score (nSPS) is 10.5. The molecule has 0 aliphatic rings. The van der Waals surface area contributed by atoms with Crippen molar-refractivity contribution in [1.82, 2.24) is 0 Å². The van der Waals surface area contributed by atoms with Gasteiger partial charge in [0.1, 0.15) is 11.6 Å². The van der Waals surface area contributed by atoms with Crippen LogP contribution in [-0.2, 0) is 12.3 Å². The van der Waals surface area contributed by atoms with E-state index in [0.717, 1.165) is 10.5 Å². The summed E-state index contributed by atoms with van der Waals surface area (Å²) in [7, 11) is 1.53. The molecule has 0 heterocycles. The van der Waals surface area contributed by atoms with Crippen LogP contribution in [0.5, 0.6) is 5.75 Å². The van der Waals surface area contributed by atoms with Crippen molar-refractivity contribution in [2.75, 3.05) is 7.11 Å². The summed E-state index contributed by atoms with van der Waals surface area (Å²) < 4.78 is 18.7. The van der Waals surface area contributed by atoms with Crippen molar-refractivity contribution in [3.8, 4) is 5.75 Å². The molecule has 0 aliphatic carbocycles. The Morgan fingerprint density at radius 3 is 2.47 bits per heavy atom. The van der Waals surface area contributed by atoms with E-state index in [0.29, 0.717) is 23.6 Å². The molecular formula is C15H16FNOS. The molecule has 2 N–H and O–H groups in total. The molecule has 19 heavy (non-hydrogen) atoms. The van der Waals surface area contributed by atoms with Gasteiger partial charge in [-0.2, -0.15) is 0 Å².